The molecule has 4 heterocycles. The first kappa shape index (κ1) is 26.5. The number of sulfonamides is 1. The molecule has 0 radical (unpaired) electrons. The van der Waals surface area contributed by atoms with Crippen LogP contribution in [0.5, 0.6) is 0 Å². The smallest absolute Gasteiger partial charge is 0.449 e. The SMILES string of the molecule is Cn1cncc1CN1CC(N(Cc2ccc(C(F)(F)F)o2)S(=O)(=O)c2ccccn2)Cc2cc(C#N)ccc21. The molecule has 0 aliphatic carbocycles. The minimum absolute atomic E-state index is 0.156. The van der Waals surface area contributed by atoms with Crippen LogP contribution in [-0.2, 0) is 42.8 Å². The predicted octanol–water partition coefficient (Wildman–Crippen LogP) is 4.12. The summed E-state index contributed by atoms with van der Waals surface area (Å²) in [6.45, 7) is 0.178. The number of alkyl halides is 3. The van der Waals surface area contributed by atoms with Gasteiger partial charge >= 0.3 is 6.18 Å². The predicted molar refractivity (Wildman–Crippen MR) is 134 cm³/mol. The van der Waals surface area contributed by atoms with E-state index in [4.69, 9.17) is 4.42 Å². The van der Waals surface area contributed by atoms with Crippen molar-refractivity contribution in [3.8, 4) is 6.07 Å². The van der Waals surface area contributed by atoms with Crippen LogP contribution < -0.4 is 4.90 Å². The number of rotatable bonds is 7. The van der Waals surface area contributed by atoms with Crippen molar-refractivity contribution in [3.63, 3.8) is 0 Å². The Kier molecular flexibility index (Phi) is 6.92. The van der Waals surface area contributed by atoms with E-state index in [9.17, 15) is 26.9 Å². The molecule has 3 aromatic heterocycles. The minimum Gasteiger partial charge on any atom is -0.455 e. The van der Waals surface area contributed by atoms with E-state index in [1.165, 1.54) is 18.3 Å². The molecular weight excluding hydrogens is 533 g/mol. The van der Waals surface area contributed by atoms with Gasteiger partial charge in [0.1, 0.15) is 5.76 Å². The molecule has 39 heavy (non-hydrogen) atoms. The number of pyridine rings is 1. The van der Waals surface area contributed by atoms with E-state index >= 15 is 0 Å². The molecule has 0 bridgehead atoms. The van der Waals surface area contributed by atoms with Crippen LogP contribution in [0.4, 0.5) is 18.9 Å². The van der Waals surface area contributed by atoms with Crippen molar-refractivity contribution >= 4 is 15.7 Å². The van der Waals surface area contributed by atoms with Gasteiger partial charge < -0.3 is 13.9 Å². The van der Waals surface area contributed by atoms with Crippen LogP contribution in [0.25, 0.3) is 0 Å². The zero-order valence-corrected chi connectivity index (χ0v) is 21.5. The summed E-state index contributed by atoms with van der Waals surface area (Å²) in [7, 11) is -2.42. The Morgan fingerprint density at radius 3 is 2.67 bits per heavy atom. The summed E-state index contributed by atoms with van der Waals surface area (Å²) < 4.78 is 75.4. The second-order valence-corrected chi connectivity index (χ2v) is 11.0. The van der Waals surface area contributed by atoms with Crippen LogP contribution in [0, 0.1) is 11.3 Å². The van der Waals surface area contributed by atoms with Gasteiger partial charge in [-0.1, -0.05) is 6.07 Å². The number of nitriles is 1. The Morgan fingerprint density at radius 1 is 1.21 bits per heavy atom. The van der Waals surface area contributed by atoms with E-state index in [-0.39, 0.29) is 23.8 Å². The number of hydrogen-bond acceptors (Lipinski definition) is 7. The highest BCUT2D eigenvalue weighted by atomic mass is 32.2. The largest absolute Gasteiger partial charge is 0.455 e. The Morgan fingerprint density at radius 2 is 2.03 bits per heavy atom. The Bertz CT molecular complexity index is 1630. The van der Waals surface area contributed by atoms with E-state index in [1.54, 1.807) is 30.7 Å². The monoisotopic (exact) mass is 556 g/mol. The zero-order valence-electron chi connectivity index (χ0n) is 20.7. The molecule has 0 saturated heterocycles. The number of imidazole rings is 1. The number of benzene rings is 1. The fraction of sp³-hybridized carbons (Fsp3) is 0.269. The van der Waals surface area contributed by atoms with Gasteiger partial charge in [0.2, 0.25) is 5.76 Å². The second kappa shape index (κ2) is 10.2. The summed E-state index contributed by atoms with van der Waals surface area (Å²) in [5, 5.41) is 9.24. The normalized spacial score (nSPS) is 15.8. The lowest BCUT2D eigenvalue weighted by Crippen LogP contribution is -2.50. The molecule has 0 spiro atoms. The first-order valence-corrected chi connectivity index (χ1v) is 13.3. The van der Waals surface area contributed by atoms with Gasteiger partial charge in [-0.15, -0.1) is 0 Å². The Hall–Kier alpha value is -4.15. The maximum atomic E-state index is 13.9. The molecule has 0 saturated carbocycles. The summed E-state index contributed by atoms with van der Waals surface area (Å²) in [5.74, 6) is -1.37. The van der Waals surface area contributed by atoms with Crippen LogP contribution >= 0.6 is 0 Å². The number of nitrogens with zero attached hydrogens (tertiary/aromatic N) is 6. The van der Waals surface area contributed by atoms with Crippen LogP contribution in [0.1, 0.15) is 28.3 Å². The highest BCUT2D eigenvalue weighted by Crippen LogP contribution is 2.35. The van der Waals surface area contributed by atoms with E-state index in [2.05, 4.69) is 16.0 Å². The Balaban J connectivity index is 1.57. The number of furan rings is 1. The molecule has 0 N–H and O–H groups in total. The lowest BCUT2D eigenvalue weighted by molar-refractivity contribution is -0.153. The average molecular weight is 557 g/mol. The molecular formula is C26H23F3N6O3S. The maximum Gasteiger partial charge on any atom is 0.449 e. The molecule has 0 fully saturated rings. The van der Waals surface area contributed by atoms with E-state index < -0.39 is 34.5 Å². The van der Waals surface area contributed by atoms with Crippen molar-refractivity contribution in [1.82, 2.24) is 18.8 Å². The average Bonchev–Trinajstić information content (AvgIpc) is 3.56. The van der Waals surface area contributed by atoms with Crippen molar-refractivity contribution in [2.75, 3.05) is 11.4 Å². The summed E-state index contributed by atoms with van der Waals surface area (Å²) in [6, 6.07) is 13.0. The summed E-state index contributed by atoms with van der Waals surface area (Å²) in [5.41, 5.74) is 2.85. The molecule has 1 unspecified atom stereocenters. The van der Waals surface area contributed by atoms with Crippen LogP contribution in [0.2, 0.25) is 0 Å². The number of hydrogen-bond donors (Lipinski definition) is 0. The van der Waals surface area contributed by atoms with Gasteiger partial charge in [0, 0.05) is 37.7 Å². The summed E-state index contributed by atoms with van der Waals surface area (Å²) in [6.07, 6.45) is 0.218. The molecule has 1 atom stereocenters. The molecule has 202 valence electrons. The second-order valence-electron chi connectivity index (χ2n) is 9.17. The molecule has 5 rings (SSSR count). The number of anilines is 1. The highest BCUT2D eigenvalue weighted by molar-refractivity contribution is 7.89. The number of aryl methyl sites for hydroxylation is 1. The van der Waals surface area contributed by atoms with Gasteiger partial charge in [-0.05, 0) is 54.4 Å². The third-order valence-corrected chi connectivity index (χ3v) is 8.39. The number of halogens is 3. The quantitative estimate of drug-likeness (QED) is 0.337. The van der Waals surface area contributed by atoms with Crippen LogP contribution in [0.3, 0.4) is 0 Å². The standard InChI is InChI=1S/C26H23F3N6O3S/c1-33-17-31-13-21(33)15-34-14-20(11-19-10-18(12-30)5-7-23(19)34)35(39(36,37)25-4-2-3-9-32-25)16-22-6-8-24(38-22)26(27,28)29/h2-10,13,17,20H,11,14-16H2,1H3. The van der Waals surface area contributed by atoms with Gasteiger partial charge in [-0.3, -0.25) is 0 Å². The van der Waals surface area contributed by atoms with Crippen molar-refractivity contribution < 1.29 is 26.0 Å². The highest BCUT2D eigenvalue weighted by Gasteiger charge is 2.39. The van der Waals surface area contributed by atoms with Gasteiger partial charge in [0.25, 0.3) is 10.0 Å². The van der Waals surface area contributed by atoms with E-state index in [0.29, 0.717) is 12.1 Å². The molecule has 1 aliphatic rings. The first-order valence-electron chi connectivity index (χ1n) is 11.9. The molecule has 1 aliphatic heterocycles. The first-order chi connectivity index (χ1) is 18.6. The van der Waals surface area contributed by atoms with Gasteiger partial charge in [-0.2, -0.15) is 22.7 Å². The third kappa shape index (κ3) is 5.39. The van der Waals surface area contributed by atoms with Crippen molar-refractivity contribution in [1.29, 1.82) is 5.26 Å². The van der Waals surface area contributed by atoms with Crippen molar-refractivity contribution in [2.45, 2.75) is 36.8 Å². The van der Waals surface area contributed by atoms with Crippen LogP contribution in [-0.4, -0.2) is 39.8 Å². The van der Waals surface area contributed by atoms with Gasteiger partial charge in [0.05, 0.1) is 36.7 Å². The summed E-state index contributed by atoms with van der Waals surface area (Å²) in [4.78, 5) is 10.1. The fourth-order valence-electron chi connectivity index (χ4n) is 4.67. The lowest BCUT2D eigenvalue weighted by Gasteiger charge is -2.40. The molecule has 0 amide bonds. The topological polar surface area (TPSA) is 108 Å². The number of fused-ring (bicyclic) bond motifs is 1. The zero-order chi connectivity index (χ0) is 27.8. The molecule has 13 heteroatoms. The third-order valence-electron chi connectivity index (χ3n) is 6.58. The maximum absolute atomic E-state index is 13.9. The van der Waals surface area contributed by atoms with Crippen molar-refractivity contribution in [3.05, 3.63) is 95.6 Å². The van der Waals surface area contributed by atoms with Crippen molar-refractivity contribution in [2.24, 2.45) is 7.05 Å². The molecule has 9 nitrogen and oxygen atoms in total. The number of aromatic nitrogens is 3. The van der Waals surface area contributed by atoms with Gasteiger partial charge in [0.15, 0.2) is 5.03 Å². The van der Waals surface area contributed by atoms with E-state index in [1.807, 2.05) is 22.6 Å². The molecule has 1 aromatic carbocycles. The fourth-order valence-corrected chi connectivity index (χ4v) is 6.19. The van der Waals surface area contributed by atoms with E-state index in [0.717, 1.165) is 33.4 Å². The molecule has 4 aromatic rings. The Labute approximate surface area is 222 Å². The minimum atomic E-state index is -4.71. The lowest BCUT2D eigenvalue weighted by atomic mass is 9.95. The van der Waals surface area contributed by atoms with Crippen LogP contribution in [0.15, 0.2) is 76.7 Å². The van der Waals surface area contributed by atoms with Gasteiger partial charge in [-0.25, -0.2) is 18.4 Å². The summed E-state index contributed by atoms with van der Waals surface area (Å²) >= 11 is 0.